The van der Waals surface area contributed by atoms with Crippen molar-refractivity contribution in [3.05, 3.63) is 48.2 Å². The molecule has 0 bridgehead atoms. The molecule has 0 aliphatic heterocycles. The summed E-state index contributed by atoms with van der Waals surface area (Å²) in [5.74, 6) is -0.298. The summed E-state index contributed by atoms with van der Waals surface area (Å²) in [6.45, 7) is 4.48. The van der Waals surface area contributed by atoms with E-state index >= 15 is 0 Å². The minimum Gasteiger partial charge on any atom is -0.498 e. The monoisotopic (exact) mass is 262 g/mol. The van der Waals surface area contributed by atoms with Gasteiger partial charge in [-0.25, -0.2) is 4.79 Å². The number of rotatable bonds is 8. The van der Waals surface area contributed by atoms with Crippen molar-refractivity contribution < 1.29 is 14.3 Å². The number of allylic oxidation sites excluding steroid dienone is 1. The minimum absolute atomic E-state index is 0.209. The minimum atomic E-state index is -0.298. The van der Waals surface area contributed by atoms with Crippen LogP contribution in [-0.4, -0.2) is 18.7 Å². The fourth-order valence-electron chi connectivity index (χ4n) is 1.49. The molecule has 0 amide bonds. The summed E-state index contributed by atoms with van der Waals surface area (Å²) < 4.78 is 10.8. The van der Waals surface area contributed by atoms with E-state index in [9.17, 15) is 4.79 Å². The van der Waals surface area contributed by atoms with Crippen molar-refractivity contribution in [2.45, 2.75) is 39.2 Å². The van der Waals surface area contributed by atoms with E-state index in [1.807, 2.05) is 31.2 Å². The van der Waals surface area contributed by atoms with Crippen molar-refractivity contribution in [1.29, 1.82) is 0 Å². The van der Waals surface area contributed by atoms with E-state index in [-0.39, 0.29) is 12.1 Å². The normalized spacial score (nSPS) is 12.3. The van der Waals surface area contributed by atoms with Crippen LogP contribution in [0.3, 0.4) is 0 Å². The Hall–Kier alpha value is -1.77. The van der Waals surface area contributed by atoms with E-state index < -0.39 is 0 Å². The number of unbranched alkanes of at least 4 members (excludes halogenated alkanes) is 1. The van der Waals surface area contributed by atoms with Crippen LogP contribution in [0.2, 0.25) is 0 Å². The first-order valence-corrected chi connectivity index (χ1v) is 6.80. The molecular formula is C16H22O3. The summed E-state index contributed by atoms with van der Waals surface area (Å²) in [6.07, 6.45) is 6.29. The lowest BCUT2D eigenvalue weighted by Gasteiger charge is -2.15. The zero-order chi connectivity index (χ0) is 13.9. The van der Waals surface area contributed by atoms with Crippen LogP contribution in [0.25, 0.3) is 0 Å². The van der Waals surface area contributed by atoms with Crippen molar-refractivity contribution in [3.63, 3.8) is 0 Å². The quantitative estimate of drug-likeness (QED) is 0.525. The summed E-state index contributed by atoms with van der Waals surface area (Å²) in [7, 11) is 0. The van der Waals surface area contributed by atoms with Gasteiger partial charge in [-0.1, -0.05) is 38.5 Å². The van der Waals surface area contributed by atoms with Gasteiger partial charge in [-0.05, 0) is 31.1 Å². The van der Waals surface area contributed by atoms with Gasteiger partial charge in [0, 0.05) is 0 Å². The van der Waals surface area contributed by atoms with Gasteiger partial charge in [0.25, 0.3) is 0 Å². The molecule has 0 N–H and O–H groups in total. The molecule has 0 saturated heterocycles. The van der Waals surface area contributed by atoms with Gasteiger partial charge in [-0.2, -0.15) is 0 Å². The van der Waals surface area contributed by atoms with E-state index in [1.54, 1.807) is 18.4 Å². The number of carbonyl (C=O) groups excluding carboxylic acids is 1. The number of ether oxygens (including phenoxy) is 2. The molecule has 104 valence electrons. The molecule has 19 heavy (non-hydrogen) atoms. The van der Waals surface area contributed by atoms with Gasteiger partial charge in [0.2, 0.25) is 0 Å². The van der Waals surface area contributed by atoms with Gasteiger partial charge in [0.1, 0.15) is 12.7 Å². The topological polar surface area (TPSA) is 35.5 Å². The van der Waals surface area contributed by atoms with Gasteiger partial charge in [0.05, 0.1) is 11.8 Å². The fourth-order valence-corrected chi connectivity index (χ4v) is 1.49. The Morgan fingerprint density at radius 1 is 1.26 bits per heavy atom. The molecule has 3 heteroatoms. The molecule has 1 aromatic rings. The lowest BCUT2D eigenvalue weighted by Crippen LogP contribution is -2.22. The Labute approximate surface area is 115 Å². The highest BCUT2D eigenvalue weighted by Gasteiger charge is 2.14. The zero-order valence-electron chi connectivity index (χ0n) is 11.7. The third kappa shape index (κ3) is 6.09. The average molecular weight is 262 g/mol. The third-order valence-electron chi connectivity index (χ3n) is 2.67. The van der Waals surface area contributed by atoms with Gasteiger partial charge < -0.3 is 9.47 Å². The number of benzene rings is 1. The number of hydrogen-bond donors (Lipinski definition) is 0. The summed E-state index contributed by atoms with van der Waals surface area (Å²) in [5.41, 5.74) is 0.572. The molecule has 0 aliphatic rings. The molecule has 0 saturated carbocycles. The van der Waals surface area contributed by atoms with Crippen LogP contribution < -0.4 is 0 Å². The molecule has 1 aromatic carbocycles. The molecular weight excluding hydrogens is 240 g/mol. The van der Waals surface area contributed by atoms with Crippen molar-refractivity contribution in [2.24, 2.45) is 0 Å². The van der Waals surface area contributed by atoms with Crippen LogP contribution in [-0.2, 0) is 9.47 Å². The lowest BCUT2D eigenvalue weighted by molar-refractivity contribution is 0.0105. The second-order valence-electron chi connectivity index (χ2n) is 4.30. The van der Waals surface area contributed by atoms with Gasteiger partial charge in [0.15, 0.2) is 0 Å². The predicted octanol–water partition coefficient (Wildman–Crippen LogP) is 3.95. The Balaban J connectivity index is 2.38. The smallest absolute Gasteiger partial charge is 0.338 e. The molecule has 0 aromatic heterocycles. The molecule has 0 fully saturated rings. The maximum atomic E-state index is 11.9. The molecule has 0 aliphatic carbocycles. The third-order valence-corrected chi connectivity index (χ3v) is 2.67. The van der Waals surface area contributed by atoms with Crippen molar-refractivity contribution in [2.75, 3.05) is 6.61 Å². The fraction of sp³-hybridized carbons (Fsp3) is 0.438. The van der Waals surface area contributed by atoms with Gasteiger partial charge in [-0.15, -0.1) is 0 Å². The van der Waals surface area contributed by atoms with Crippen LogP contribution in [0.5, 0.6) is 0 Å². The molecule has 3 nitrogen and oxygen atoms in total. The highest BCUT2D eigenvalue weighted by atomic mass is 16.6. The first-order valence-electron chi connectivity index (χ1n) is 6.80. The Morgan fingerprint density at radius 2 is 2.00 bits per heavy atom. The molecule has 1 atom stereocenters. The van der Waals surface area contributed by atoms with Crippen LogP contribution in [0.1, 0.15) is 43.5 Å². The molecule has 1 rings (SSSR count). The Kier molecular flexibility index (Phi) is 7.40. The number of esters is 1. The van der Waals surface area contributed by atoms with Crippen LogP contribution in [0, 0.1) is 0 Å². The van der Waals surface area contributed by atoms with E-state index in [4.69, 9.17) is 9.47 Å². The van der Waals surface area contributed by atoms with E-state index in [1.165, 1.54) is 0 Å². The summed E-state index contributed by atoms with van der Waals surface area (Å²) >= 11 is 0. The van der Waals surface area contributed by atoms with Crippen LogP contribution >= 0.6 is 0 Å². The Bertz CT molecular complexity index is 384. The standard InChI is InChI=1S/C16H22O3/c1-3-5-9-12-18-13-15(4-2)19-16(17)14-10-7-6-8-11-14/h6-12,15H,3-5,13H2,1-2H3/b12-9-/t15-/m1/s1. The summed E-state index contributed by atoms with van der Waals surface area (Å²) in [4.78, 5) is 11.9. The van der Waals surface area contributed by atoms with Crippen molar-refractivity contribution in [3.8, 4) is 0 Å². The second-order valence-corrected chi connectivity index (χ2v) is 4.30. The number of hydrogen-bond acceptors (Lipinski definition) is 3. The van der Waals surface area contributed by atoms with E-state index in [0.29, 0.717) is 12.2 Å². The van der Waals surface area contributed by atoms with Crippen LogP contribution in [0.15, 0.2) is 42.7 Å². The Morgan fingerprint density at radius 3 is 2.63 bits per heavy atom. The first kappa shape index (κ1) is 15.3. The zero-order valence-corrected chi connectivity index (χ0v) is 11.7. The molecule has 0 spiro atoms. The molecule has 0 heterocycles. The maximum absolute atomic E-state index is 11.9. The highest BCUT2D eigenvalue weighted by Crippen LogP contribution is 2.07. The van der Waals surface area contributed by atoms with E-state index in [2.05, 4.69) is 6.92 Å². The predicted molar refractivity (Wildman–Crippen MR) is 75.9 cm³/mol. The van der Waals surface area contributed by atoms with Gasteiger partial charge >= 0.3 is 5.97 Å². The summed E-state index contributed by atoms with van der Waals surface area (Å²) in [5, 5.41) is 0. The lowest BCUT2D eigenvalue weighted by atomic mass is 10.2. The van der Waals surface area contributed by atoms with E-state index in [0.717, 1.165) is 19.3 Å². The van der Waals surface area contributed by atoms with Crippen LogP contribution in [0.4, 0.5) is 0 Å². The molecule has 0 radical (unpaired) electrons. The SMILES string of the molecule is CCC/C=C\OC[C@@H](CC)OC(=O)c1ccccc1. The largest absolute Gasteiger partial charge is 0.498 e. The highest BCUT2D eigenvalue weighted by molar-refractivity contribution is 5.89. The second kappa shape index (κ2) is 9.20. The van der Waals surface area contributed by atoms with Crippen molar-refractivity contribution in [1.82, 2.24) is 0 Å². The average Bonchev–Trinajstić information content (AvgIpc) is 2.46. The first-order chi connectivity index (χ1) is 9.27. The van der Waals surface area contributed by atoms with Crippen molar-refractivity contribution >= 4 is 5.97 Å². The molecule has 0 unspecified atom stereocenters. The number of carbonyl (C=O) groups is 1. The van der Waals surface area contributed by atoms with Gasteiger partial charge in [-0.3, -0.25) is 0 Å². The summed E-state index contributed by atoms with van der Waals surface area (Å²) in [6, 6.07) is 9.01. The maximum Gasteiger partial charge on any atom is 0.338 e.